The summed E-state index contributed by atoms with van der Waals surface area (Å²) in [5.41, 5.74) is 0. The van der Waals surface area contributed by atoms with Crippen LogP contribution in [0, 0.1) is 23.7 Å². The van der Waals surface area contributed by atoms with Crippen LogP contribution in [-0.2, 0) is 0 Å². The van der Waals surface area contributed by atoms with Gasteiger partial charge in [-0.15, -0.1) is 0 Å². The highest BCUT2D eigenvalue weighted by atomic mass is 16.3. The summed E-state index contributed by atoms with van der Waals surface area (Å²) in [5.74, 6) is 3.01. The molecule has 1 saturated heterocycles. The van der Waals surface area contributed by atoms with Crippen LogP contribution in [0.2, 0.25) is 0 Å². The lowest BCUT2D eigenvalue weighted by Crippen LogP contribution is -2.33. The number of aliphatic hydroxyl groups excluding tert-OH is 2. The monoisotopic (exact) mass is 257 g/mol. The first-order chi connectivity index (χ1) is 8.42. The largest absolute Gasteiger partial charge is 0.394 e. The summed E-state index contributed by atoms with van der Waals surface area (Å²) in [6.07, 6.45) is 1.98. The van der Waals surface area contributed by atoms with E-state index in [1.54, 1.807) is 0 Å². The van der Waals surface area contributed by atoms with Crippen LogP contribution in [0.4, 0.5) is 0 Å². The van der Waals surface area contributed by atoms with Gasteiger partial charge in [0, 0.05) is 19.6 Å². The van der Waals surface area contributed by atoms with Crippen molar-refractivity contribution in [3.05, 3.63) is 0 Å². The first kappa shape index (κ1) is 15.9. The van der Waals surface area contributed by atoms with Crippen molar-refractivity contribution in [3.8, 4) is 0 Å². The van der Waals surface area contributed by atoms with Crippen molar-refractivity contribution < 1.29 is 10.2 Å². The fourth-order valence-electron chi connectivity index (χ4n) is 3.29. The van der Waals surface area contributed by atoms with Gasteiger partial charge in [-0.2, -0.15) is 0 Å². The van der Waals surface area contributed by atoms with E-state index < -0.39 is 6.10 Å². The van der Waals surface area contributed by atoms with E-state index in [2.05, 4.69) is 32.6 Å². The average Bonchev–Trinajstić information content (AvgIpc) is 2.58. The molecule has 0 aliphatic carbocycles. The van der Waals surface area contributed by atoms with E-state index in [1.165, 1.54) is 12.8 Å². The molecule has 0 saturated carbocycles. The zero-order valence-corrected chi connectivity index (χ0v) is 12.5. The molecule has 18 heavy (non-hydrogen) atoms. The van der Waals surface area contributed by atoms with Crippen molar-refractivity contribution in [2.75, 3.05) is 26.2 Å². The average molecular weight is 257 g/mol. The van der Waals surface area contributed by atoms with Gasteiger partial charge in [0.05, 0.1) is 12.7 Å². The van der Waals surface area contributed by atoms with Crippen LogP contribution in [-0.4, -0.2) is 47.5 Å². The standard InChI is InChI=1S/C15H31NO2/c1-11(2)5-13-7-16(9-15(18)10-17)8-14(13)6-12(3)4/h11-15,17-18H,5-10H2,1-4H3. The van der Waals surface area contributed by atoms with Crippen LogP contribution in [0.15, 0.2) is 0 Å². The molecule has 3 atom stereocenters. The molecular formula is C15H31NO2. The lowest BCUT2D eigenvalue weighted by atomic mass is 9.83. The Morgan fingerprint density at radius 1 is 1.00 bits per heavy atom. The lowest BCUT2D eigenvalue weighted by molar-refractivity contribution is 0.0642. The number of nitrogens with zero attached hydrogens (tertiary/aromatic N) is 1. The Balaban J connectivity index is 2.52. The fourth-order valence-corrected chi connectivity index (χ4v) is 3.29. The highest BCUT2D eigenvalue weighted by molar-refractivity contribution is 4.86. The quantitative estimate of drug-likeness (QED) is 0.733. The Bertz CT molecular complexity index is 213. The smallest absolute Gasteiger partial charge is 0.0897 e. The van der Waals surface area contributed by atoms with Crippen LogP contribution < -0.4 is 0 Å². The molecule has 1 aliphatic rings. The Morgan fingerprint density at radius 2 is 1.44 bits per heavy atom. The molecule has 3 nitrogen and oxygen atoms in total. The predicted octanol–water partition coefficient (Wildman–Crippen LogP) is 1.98. The maximum Gasteiger partial charge on any atom is 0.0897 e. The molecule has 0 amide bonds. The number of aliphatic hydroxyl groups is 2. The minimum atomic E-state index is -0.581. The third-order valence-corrected chi connectivity index (χ3v) is 3.88. The summed E-state index contributed by atoms with van der Waals surface area (Å²) in [4.78, 5) is 2.33. The van der Waals surface area contributed by atoms with Crippen LogP contribution in [0.3, 0.4) is 0 Å². The van der Waals surface area contributed by atoms with Crippen LogP contribution >= 0.6 is 0 Å². The SMILES string of the molecule is CC(C)CC1CN(CC(O)CO)CC1CC(C)C. The summed E-state index contributed by atoms with van der Waals surface area (Å²) in [6, 6.07) is 0. The second-order valence-electron chi connectivity index (χ2n) is 6.83. The van der Waals surface area contributed by atoms with Crippen LogP contribution in [0.5, 0.6) is 0 Å². The van der Waals surface area contributed by atoms with Gasteiger partial charge in [-0.25, -0.2) is 0 Å². The van der Waals surface area contributed by atoms with Crippen molar-refractivity contribution >= 4 is 0 Å². The van der Waals surface area contributed by atoms with E-state index in [9.17, 15) is 5.11 Å². The molecule has 0 bridgehead atoms. The normalized spacial score (nSPS) is 27.3. The van der Waals surface area contributed by atoms with Gasteiger partial charge in [-0.3, -0.25) is 0 Å². The van der Waals surface area contributed by atoms with Crippen molar-refractivity contribution in [2.24, 2.45) is 23.7 Å². The molecule has 0 spiro atoms. The van der Waals surface area contributed by atoms with Gasteiger partial charge in [0.1, 0.15) is 0 Å². The maximum absolute atomic E-state index is 9.56. The van der Waals surface area contributed by atoms with E-state index in [-0.39, 0.29) is 6.61 Å². The maximum atomic E-state index is 9.56. The van der Waals surface area contributed by atoms with Crippen LogP contribution in [0.1, 0.15) is 40.5 Å². The van der Waals surface area contributed by atoms with E-state index in [0.717, 1.165) is 36.8 Å². The third kappa shape index (κ3) is 5.25. The molecule has 0 aromatic carbocycles. The summed E-state index contributed by atoms with van der Waals surface area (Å²) >= 11 is 0. The number of likely N-dealkylation sites (tertiary alicyclic amines) is 1. The fraction of sp³-hybridized carbons (Fsp3) is 1.00. The van der Waals surface area contributed by atoms with Gasteiger partial charge in [-0.05, 0) is 36.5 Å². The van der Waals surface area contributed by atoms with Gasteiger partial charge in [0.15, 0.2) is 0 Å². The molecule has 3 unspecified atom stereocenters. The van der Waals surface area contributed by atoms with Crippen LogP contribution in [0.25, 0.3) is 0 Å². The summed E-state index contributed by atoms with van der Waals surface area (Å²) in [7, 11) is 0. The topological polar surface area (TPSA) is 43.7 Å². The summed E-state index contributed by atoms with van der Waals surface area (Å²) in [5, 5.41) is 18.5. The molecule has 1 rings (SSSR count). The van der Waals surface area contributed by atoms with Crippen molar-refractivity contribution in [2.45, 2.75) is 46.6 Å². The van der Waals surface area contributed by atoms with Gasteiger partial charge in [-0.1, -0.05) is 27.7 Å². The molecule has 0 aromatic rings. The lowest BCUT2D eigenvalue weighted by Gasteiger charge is -2.21. The molecule has 1 fully saturated rings. The number of hydrogen-bond donors (Lipinski definition) is 2. The first-order valence-corrected chi connectivity index (χ1v) is 7.43. The Kier molecular flexibility index (Phi) is 6.61. The van der Waals surface area contributed by atoms with Gasteiger partial charge >= 0.3 is 0 Å². The molecule has 1 heterocycles. The zero-order chi connectivity index (χ0) is 13.7. The molecule has 0 radical (unpaired) electrons. The van der Waals surface area contributed by atoms with E-state index in [0.29, 0.717) is 6.54 Å². The van der Waals surface area contributed by atoms with E-state index in [1.807, 2.05) is 0 Å². The summed E-state index contributed by atoms with van der Waals surface area (Å²) in [6.45, 7) is 11.8. The van der Waals surface area contributed by atoms with Crippen molar-refractivity contribution in [3.63, 3.8) is 0 Å². The Morgan fingerprint density at radius 3 is 1.78 bits per heavy atom. The molecular weight excluding hydrogens is 226 g/mol. The number of rotatable bonds is 7. The number of β-amino-alcohol motifs (C(OH)–C–C–N with tert-alkyl or cyclic N) is 1. The molecule has 0 aromatic heterocycles. The highest BCUT2D eigenvalue weighted by Crippen LogP contribution is 2.33. The van der Waals surface area contributed by atoms with E-state index >= 15 is 0 Å². The van der Waals surface area contributed by atoms with Gasteiger partial charge < -0.3 is 15.1 Å². The second kappa shape index (κ2) is 7.46. The molecule has 2 N–H and O–H groups in total. The second-order valence-corrected chi connectivity index (χ2v) is 6.83. The van der Waals surface area contributed by atoms with Gasteiger partial charge in [0.25, 0.3) is 0 Å². The van der Waals surface area contributed by atoms with Gasteiger partial charge in [0.2, 0.25) is 0 Å². The first-order valence-electron chi connectivity index (χ1n) is 7.43. The third-order valence-electron chi connectivity index (χ3n) is 3.88. The Hall–Kier alpha value is -0.120. The predicted molar refractivity (Wildman–Crippen MR) is 75.4 cm³/mol. The summed E-state index contributed by atoms with van der Waals surface area (Å²) < 4.78 is 0. The molecule has 3 heteroatoms. The number of hydrogen-bond acceptors (Lipinski definition) is 3. The Labute approximate surface area is 112 Å². The van der Waals surface area contributed by atoms with E-state index in [4.69, 9.17) is 5.11 Å². The van der Waals surface area contributed by atoms with Crippen molar-refractivity contribution in [1.82, 2.24) is 4.90 Å². The highest BCUT2D eigenvalue weighted by Gasteiger charge is 2.33. The minimum absolute atomic E-state index is 0.125. The molecule has 1 aliphatic heterocycles. The molecule has 108 valence electrons. The van der Waals surface area contributed by atoms with Crippen molar-refractivity contribution in [1.29, 1.82) is 0 Å². The zero-order valence-electron chi connectivity index (χ0n) is 12.5. The minimum Gasteiger partial charge on any atom is -0.394 e.